The molecule has 0 radical (unpaired) electrons. The zero-order valence-corrected chi connectivity index (χ0v) is 24.9. The molecule has 1 aromatic carbocycles. The standard InChI is InChI=1S/C31H53NO8/c1-4-5-6-7-8-9-10-11-28-12-13-30(33)29(26-28)32-14-15-35-16-17-36-18-19-37-20-21-38-22-23-39-24-25-40-31(34)27(2)3/h12-13,26,32-33H,2,4-11,14-25H2,1,3H3. The number of phenols is 1. The number of unbranched alkanes of at least 4 members (excludes halogenated alkanes) is 6. The Morgan fingerprint density at radius 1 is 0.750 bits per heavy atom. The summed E-state index contributed by atoms with van der Waals surface area (Å²) in [6, 6.07) is 5.82. The molecule has 0 saturated carbocycles. The molecule has 1 aromatic rings. The summed E-state index contributed by atoms with van der Waals surface area (Å²) >= 11 is 0. The second-order valence-electron chi connectivity index (χ2n) is 9.63. The number of carbonyl (C=O) groups excluding carboxylic acids is 1. The molecule has 0 aromatic heterocycles. The predicted octanol–water partition coefficient (Wildman–Crippen LogP) is 5.30. The summed E-state index contributed by atoms with van der Waals surface area (Å²) in [5.41, 5.74) is 2.39. The predicted molar refractivity (Wildman–Crippen MR) is 158 cm³/mol. The van der Waals surface area contributed by atoms with Crippen LogP contribution in [0.2, 0.25) is 0 Å². The Hall–Kier alpha value is -2.17. The van der Waals surface area contributed by atoms with Gasteiger partial charge in [-0.1, -0.05) is 58.1 Å². The molecule has 0 heterocycles. The minimum absolute atomic E-state index is 0.204. The van der Waals surface area contributed by atoms with E-state index in [1.807, 2.05) is 12.1 Å². The SMILES string of the molecule is C=C(C)C(=O)OCCOCCOCCOCCOCCOCCNc1cc(CCCCCCCCC)ccc1O. The van der Waals surface area contributed by atoms with Crippen LogP contribution in [0.1, 0.15) is 64.4 Å². The first kappa shape index (κ1) is 35.9. The van der Waals surface area contributed by atoms with E-state index in [1.54, 1.807) is 13.0 Å². The maximum absolute atomic E-state index is 11.2. The number of rotatable bonds is 28. The molecule has 9 nitrogen and oxygen atoms in total. The monoisotopic (exact) mass is 567 g/mol. The van der Waals surface area contributed by atoms with Gasteiger partial charge < -0.3 is 38.8 Å². The maximum Gasteiger partial charge on any atom is 0.333 e. The van der Waals surface area contributed by atoms with Crippen molar-refractivity contribution in [1.82, 2.24) is 0 Å². The van der Waals surface area contributed by atoms with Crippen molar-refractivity contribution in [2.24, 2.45) is 0 Å². The van der Waals surface area contributed by atoms with E-state index in [0.29, 0.717) is 78.2 Å². The van der Waals surface area contributed by atoms with Gasteiger partial charge in [0.05, 0.1) is 71.8 Å². The number of benzene rings is 1. The molecular formula is C31H53NO8. The average molecular weight is 568 g/mol. The Balaban J connectivity index is 1.88. The summed E-state index contributed by atoms with van der Waals surface area (Å²) in [7, 11) is 0. The highest BCUT2D eigenvalue weighted by Gasteiger charge is 2.04. The molecule has 2 N–H and O–H groups in total. The van der Waals surface area contributed by atoms with Gasteiger partial charge in [-0.15, -0.1) is 0 Å². The first-order valence-electron chi connectivity index (χ1n) is 14.8. The minimum atomic E-state index is -0.409. The van der Waals surface area contributed by atoms with Gasteiger partial charge in [0, 0.05) is 12.1 Å². The van der Waals surface area contributed by atoms with Gasteiger partial charge in [0.15, 0.2) is 0 Å². The summed E-state index contributed by atoms with van der Waals surface area (Å²) in [6.07, 6.45) is 10.1. The van der Waals surface area contributed by atoms with Crippen molar-refractivity contribution >= 4 is 11.7 Å². The quantitative estimate of drug-likeness (QED) is 0.0604. The van der Waals surface area contributed by atoms with Crippen LogP contribution in [0.3, 0.4) is 0 Å². The first-order valence-corrected chi connectivity index (χ1v) is 14.8. The smallest absolute Gasteiger partial charge is 0.333 e. The number of aryl methyl sites for hydroxylation is 1. The van der Waals surface area contributed by atoms with E-state index in [4.69, 9.17) is 28.4 Å². The Morgan fingerprint density at radius 3 is 1.80 bits per heavy atom. The summed E-state index contributed by atoms with van der Waals surface area (Å²) in [6.45, 7) is 12.8. The Labute approximate surface area is 241 Å². The molecule has 0 amide bonds. The number of hydrogen-bond acceptors (Lipinski definition) is 9. The number of aromatic hydroxyl groups is 1. The number of nitrogens with one attached hydrogen (secondary N) is 1. The first-order chi connectivity index (χ1) is 19.5. The van der Waals surface area contributed by atoms with Gasteiger partial charge in [-0.3, -0.25) is 0 Å². The molecule has 0 bridgehead atoms. The molecule has 0 aliphatic rings. The molecule has 0 aliphatic heterocycles. The number of ether oxygens (including phenoxy) is 6. The highest BCUT2D eigenvalue weighted by molar-refractivity contribution is 5.86. The van der Waals surface area contributed by atoms with Crippen LogP contribution in [0.15, 0.2) is 30.4 Å². The molecule has 40 heavy (non-hydrogen) atoms. The van der Waals surface area contributed by atoms with Gasteiger partial charge in [-0.25, -0.2) is 4.79 Å². The topological polar surface area (TPSA) is 105 Å². The van der Waals surface area contributed by atoms with Gasteiger partial charge in [-0.05, 0) is 37.5 Å². The fourth-order valence-electron chi connectivity index (χ4n) is 3.72. The summed E-state index contributed by atoms with van der Waals surface area (Å²) < 4.78 is 32.2. The highest BCUT2D eigenvalue weighted by Crippen LogP contribution is 2.25. The molecule has 230 valence electrons. The van der Waals surface area contributed by atoms with Crippen LogP contribution in [0, 0.1) is 0 Å². The normalized spacial score (nSPS) is 11.1. The summed E-state index contributed by atoms with van der Waals surface area (Å²) in [4.78, 5) is 11.2. The molecular weight excluding hydrogens is 514 g/mol. The van der Waals surface area contributed by atoms with E-state index < -0.39 is 5.97 Å². The fourth-order valence-corrected chi connectivity index (χ4v) is 3.72. The Bertz CT molecular complexity index is 774. The Morgan fingerprint density at radius 2 is 1.25 bits per heavy atom. The van der Waals surface area contributed by atoms with Crippen molar-refractivity contribution < 1.29 is 38.3 Å². The third-order valence-corrected chi connectivity index (χ3v) is 5.99. The van der Waals surface area contributed by atoms with Gasteiger partial charge in [0.2, 0.25) is 0 Å². The van der Waals surface area contributed by atoms with Crippen molar-refractivity contribution in [3.8, 4) is 5.75 Å². The molecule has 1 rings (SSSR count). The molecule has 0 saturated heterocycles. The lowest BCUT2D eigenvalue weighted by Crippen LogP contribution is -2.15. The highest BCUT2D eigenvalue weighted by atomic mass is 16.6. The second-order valence-corrected chi connectivity index (χ2v) is 9.63. The number of carbonyl (C=O) groups is 1. The number of hydrogen-bond donors (Lipinski definition) is 2. The van der Waals surface area contributed by atoms with Gasteiger partial charge in [0.25, 0.3) is 0 Å². The van der Waals surface area contributed by atoms with E-state index in [1.165, 1.54) is 50.5 Å². The van der Waals surface area contributed by atoms with Crippen LogP contribution >= 0.6 is 0 Å². The molecule has 0 unspecified atom stereocenters. The van der Waals surface area contributed by atoms with E-state index in [9.17, 15) is 9.90 Å². The van der Waals surface area contributed by atoms with Crippen molar-refractivity contribution in [3.05, 3.63) is 35.9 Å². The lowest BCUT2D eigenvalue weighted by Gasteiger charge is -2.11. The van der Waals surface area contributed by atoms with Gasteiger partial charge in [0.1, 0.15) is 12.4 Å². The van der Waals surface area contributed by atoms with Crippen molar-refractivity contribution in [2.75, 3.05) is 84.5 Å². The number of esters is 1. The lowest BCUT2D eigenvalue weighted by atomic mass is 10.0. The third kappa shape index (κ3) is 20.7. The van der Waals surface area contributed by atoms with E-state index in [0.717, 1.165) is 12.1 Å². The zero-order valence-electron chi connectivity index (χ0n) is 24.9. The van der Waals surface area contributed by atoms with Crippen LogP contribution in [0.4, 0.5) is 5.69 Å². The molecule has 0 atom stereocenters. The maximum atomic E-state index is 11.2. The largest absolute Gasteiger partial charge is 0.506 e. The minimum Gasteiger partial charge on any atom is -0.506 e. The second kappa shape index (κ2) is 25.8. The van der Waals surface area contributed by atoms with Crippen molar-refractivity contribution in [1.29, 1.82) is 0 Å². The van der Waals surface area contributed by atoms with Crippen LogP contribution in [0.25, 0.3) is 0 Å². The van der Waals surface area contributed by atoms with Crippen LogP contribution < -0.4 is 5.32 Å². The summed E-state index contributed by atoms with van der Waals surface area (Å²) in [5, 5.41) is 13.4. The van der Waals surface area contributed by atoms with Crippen LogP contribution in [-0.2, 0) is 39.6 Å². The zero-order chi connectivity index (χ0) is 29.1. The summed E-state index contributed by atoms with van der Waals surface area (Å²) in [5.74, 6) is -0.141. The molecule has 0 aliphatic carbocycles. The molecule has 0 fully saturated rings. The van der Waals surface area contributed by atoms with E-state index in [2.05, 4.69) is 18.8 Å². The van der Waals surface area contributed by atoms with E-state index in [-0.39, 0.29) is 12.4 Å². The molecule has 0 spiro atoms. The van der Waals surface area contributed by atoms with Gasteiger partial charge in [-0.2, -0.15) is 0 Å². The molecule has 9 heteroatoms. The lowest BCUT2D eigenvalue weighted by molar-refractivity contribution is -0.140. The van der Waals surface area contributed by atoms with E-state index >= 15 is 0 Å². The Kier molecular flexibility index (Phi) is 23.1. The third-order valence-electron chi connectivity index (χ3n) is 5.99. The van der Waals surface area contributed by atoms with Crippen molar-refractivity contribution in [3.63, 3.8) is 0 Å². The fraction of sp³-hybridized carbons (Fsp3) is 0.710. The average Bonchev–Trinajstić information content (AvgIpc) is 2.94. The van der Waals surface area contributed by atoms with Crippen LogP contribution in [0.5, 0.6) is 5.75 Å². The van der Waals surface area contributed by atoms with Crippen molar-refractivity contribution in [2.45, 2.75) is 65.2 Å². The van der Waals surface area contributed by atoms with Crippen LogP contribution in [-0.4, -0.2) is 90.3 Å². The van der Waals surface area contributed by atoms with Gasteiger partial charge >= 0.3 is 5.97 Å². The number of phenolic OH excluding ortho intramolecular Hbond substituents is 1. The number of anilines is 1.